The summed E-state index contributed by atoms with van der Waals surface area (Å²) in [6.45, 7) is 0. The Bertz CT molecular complexity index is 679. The van der Waals surface area contributed by atoms with Crippen LogP contribution < -0.4 is 11.5 Å². The molecule has 0 fully saturated rings. The van der Waals surface area contributed by atoms with Gasteiger partial charge in [0.15, 0.2) is 5.69 Å². The molecule has 1 aromatic heterocycles. The molecule has 8 heteroatoms. The van der Waals surface area contributed by atoms with Crippen LogP contribution in [0.1, 0.15) is 16.1 Å². The minimum atomic E-state index is -3.51. The molecule has 1 amide bonds. The second-order valence-electron chi connectivity index (χ2n) is 4.25. The van der Waals surface area contributed by atoms with Crippen molar-refractivity contribution >= 4 is 17.5 Å². The van der Waals surface area contributed by atoms with Crippen LogP contribution >= 0.6 is 11.6 Å². The van der Waals surface area contributed by atoms with E-state index in [9.17, 15) is 13.6 Å². The standard InChI is InChI=1S/C12H11ClF2N4O/c1-19-10(5-9(18-19)11(16)20)6-2-7(12(14,15)17)4-8(13)3-6/h2-5H,17H2,1H3,(H2,16,20). The summed E-state index contributed by atoms with van der Waals surface area (Å²) in [6, 6.07) is 1.62. The van der Waals surface area contributed by atoms with Gasteiger partial charge in [0.25, 0.3) is 5.91 Å². The third-order valence-corrected chi connectivity index (χ3v) is 2.93. The number of hydrogen-bond acceptors (Lipinski definition) is 3. The second-order valence-corrected chi connectivity index (χ2v) is 4.69. The molecule has 106 valence electrons. The highest BCUT2D eigenvalue weighted by Gasteiger charge is 2.26. The minimum Gasteiger partial charge on any atom is -0.364 e. The van der Waals surface area contributed by atoms with Crippen LogP contribution in [-0.4, -0.2) is 15.7 Å². The van der Waals surface area contributed by atoms with Gasteiger partial charge in [-0.25, -0.2) is 0 Å². The molecule has 0 aliphatic heterocycles. The van der Waals surface area contributed by atoms with Crippen LogP contribution in [0, 0.1) is 0 Å². The number of amides is 1. The van der Waals surface area contributed by atoms with Gasteiger partial charge in [-0.05, 0) is 24.3 Å². The van der Waals surface area contributed by atoms with Gasteiger partial charge < -0.3 is 5.73 Å². The minimum absolute atomic E-state index is 0.0311. The SMILES string of the molecule is Cn1nc(C(N)=O)cc1-c1cc(Cl)cc(C(N)(F)F)c1. The van der Waals surface area contributed by atoms with Crippen molar-refractivity contribution in [2.45, 2.75) is 6.05 Å². The van der Waals surface area contributed by atoms with Gasteiger partial charge >= 0.3 is 6.05 Å². The summed E-state index contributed by atoms with van der Waals surface area (Å²) in [5, 5.41) is 3.99. The van der Waals surface area contributed by atoms with Gasteiger partial charge in [0.2, 0.25) is 0 Å². The number of alkyl halides is 2. The van der Waals surface area contributed by atoms with E-state index < -0.39 is 17.5 Å². The van der Waals surface area contributed by atoms with Crippen LogP contribution in [0.25, 0.3) is 11.3 Å². The van der Waals surface area contributed by atoms with E-state index >= 15 is 0 Å². The zero-order valence-corrected chi connectivity index (χ0v) is 11.2. The molecule has 0 saturated heterocycles. The lowest BCUT2D eigenvalue weighted by molar-refractivity contribution is 0.00302. The van der Waals surface area contributed by atoms with E-state index in [1.807, 2.05) is 0 Å². The first-order valence-corrected chi connectivity index (χ1v) is 5.88. The molecule has 20 heavy (non-hydrogen) atoms. The monoisotopic (exact) mass is 300 g/mol. The summed E-state index contributed by atoms with van der Waals surface area (Å²) in [7, 11) is 1.56. The number of carbonyl (C=O) groups is 1. The van der Waals surface area contributed by atoms with Gasteiger partial charge in [-0.15, -0.1) is 0 Å². The molecule has 0 atom stereocenters. The topological polar surface area (TPSA) is 86.9 Å². The third-order valence-electron chi connectivity index (χ3n) is 2.71. The number of aryl methyl sites for hydroxylation is 1. The van der Waals surface area contributed by atoms with E-state index in [1.54, 1.807) is 7.05 Å². The van der Waals surface area contributed by atoms with Gasteiger partial charge in [0.05, 0.1) is 5.69 Å². The summed E-state index contributed by atoms with van der Waals surface area (Å²) in [6.07, 6.45) is 0. The van der Waals surface area contributed by atoms with Crippen LogP contribution in [0.2, 0.25) is 5.02 Å². The molecule has 0 spiro atoms. The van der Waals surface area contributed by atoms with Crippen molar-refractivity contribution < 1.29 is 13.6 Å². The average molecular weight is 301 g/mol. The molecule has 1 aromatic carbocycles. The van der Waals surface area contributed by atoms with E-state index in [1.165, 1.54) is 22.9 Å². The summed E-state index contributed by atoms with van der Waals surface area (Å²) < 4.78 is 27.7. The van der Waals surface area contributed by atoms with E-state index in [0.29, 0.717) is 11.3 Å². The quantitative estimate of drug-likeness (QED) is 0.848. The van der Waals surface area contributed by atoms with Gasteiger partial charge in [0, 0.05) is 23.2 Å². The highest BCUT2D eigenvalue weighted by molar-refractivity contribution is 6.31. The zero-order valence-electron chi connectivity index (χ0n) is 10.4. The van der Waals surface area contributed by atoms with E-state index in [2.05, 4.69) is 5.10 Å². The van der Waals surface area contributed by atoms with Crippen LogP contribution in [0.15, 0.2) is 24.3 Å². The summed E-state index contributed by atoms with van der Waals surface area (Å²) >= 11 is 5.82. The maximum Gasteiger partial charge on any atom is 0.327 e. The first-order valence-electron chi connectivity index (χ1n) is 5.50. The Hall–Kier alpha value is -1.99. The molecule has 2 rings (SSSR count). The van der Waals surface area contributed by atoms with Crippen molar-refractivity contribution in [2.75, 3.05) is 0 Å². The second kappa shape index (κ2) is 4.84. The Morgan fingerprint density at radius 2 is 2.00 bits per heavy atom. The number of carbonyl (C=O) groups excluding carboxylic acids is 1. The predicted octanol–water partition coefficient (Wildman–Crippen LogP) is 1.85. The van der Waals surface area contributed by atoms with Crippen molar-refractivity contribution in [3.8, 4) is 11.3 Å². The molecular formula is C12H11ClF2N4O. The molecule has 4 N–H and O–H groups in total. The maximum absolute atomic E-state index is 13.2. The number of hydrogen-bond donors (Lipinski definition) is 2. The van der Waals surface area contributed by atoms with Crippen molar-refractivity contribution in [1.29, 1.82) is 0 Å². The van der Waals surface area contributed by atoms with Gasteiger partial charge in [-0.3, -0.25) is 15.2 Å². The fourth-order valence-electron chi connectivity index (χ4n) is 1.79. The number of halogens is 3. The number of rotatable bonds is 3. The summed E-state index contributed by atoms with van der Waals surface area (Å²) in [5.41, 5.74) is 10.3. The molecule has 0 bridgehead atoms. The van der Waals surface area contributed by atoms with Crippen molar-refractivity contribution in [3.63, 3.8) is 0 Å². The highest BCUT2D eigenvalue weighted by atomic mass is 35.5. The Kier molecular flexibility index (Phi) is 3.49. The van der Waals surface area contributed by atoms with Crippen LogP contribution in [0.5, 0.6) is 0 Å². The number of aromatic nitrogens is 2. The molecule has 5 nitrogen and oxygen atoms in total. The predicted molar refractivity (Wildman–Crippen MR) is 70.3 cm³/mol. The molecule has 0 radical (unpaired) electrons. The molecule has 0 unspecified atom stereocenters. The average Bonchev–Trinajstić information content (AvgIpc) is 2.69. The Morgan fingerprint density at radius 1 is 1.35 bits per heavy atom. The molecule has 0 aliphatic rings. The number of benzene rings is 1. The van der Waals surface area contributed by atoms with Crippen molar-refractivity contribution in [3.05, 3.63) is 40.5 Å². The first kappa shape index (κ1) is 14.4. The van der Waals surface area contributed by atoms with Gasteiger partial charge in [-0.1, -0.05) is 11.6 Å². The van der Waals surface area contributed by atoms with Gasteiger partial charge in [-0.2, -0.15) is 13.9 Å². The largest absolute Gasteiger partial charge is 0.364 e. The zero-order chi connectivity index (χ0) is 15.1. The Balaban J connectivity index is 2.58. The van der Waals surface area contributed by atoms with Crippen LogP contribution in [0.3, 0.4) is 0 Å². The maximum atomic E-state index is 13.2. The van der Waals surface area contributed by atoms with Crippen molar-refractivity contribution in [1.82, 2.24) is 9.78 Å². The third kappa shape index (κ3) is 2.78. The summed E-state index contributed by atoms with van der Waals surface area (Å²) in [4.78, 5) is 11.1. The molecule has 0 aliphatic carbocycles. The normalized spacial score (nSPS) is 11.7. The van der Waals surface area contributed by atoms with Crippen LogP contribution in [-0.2, 0) is 13.1 Å². The Morgan fingerprint density at radius 3 is 2.50 bits per heavy atom. The molecule has 0 saturated carbocycles. The summed E-state index contributed by atoms with van der Waals surface area (Å²) in [5.74, 6) is -0.710. The van der Waals surface area contributed by atoms with E-state index in [-0.39, 0.29) is 10.7 Å². The number of nitrogens with zero attached hydrogens (tertiary/aromatic N) is 2. The first-order chi connectivity index (χ1) is 9.18. The smallest absolute Gasteiger partial charge is 0.327 e. The van der Waals surface area contributed by atoms with Crippen LogP contribution in [0.4, 0.5) is 8.78 Å². The number of nitrogens with two attached hydrogens (primary N) is 2. The molecule has 1 heterocycles. The lowest BCUT2D eigenvalue weighted by Crippen LogP contribution is -2.25. The van der Waals surface area contributed by atoms with E-state index in [4.69, 9.17) is 23.1 Å². The number of primary amides is 1. The van der Waals surface area contributed by atoms with E-state index in [0.717, 1.165) is 6.07 Å². The molecular weight excluding hydrogens is 290 g/mol. The fourth-order valence-corrected chi connectivity index (χ4v) is 2.02. The lowest BCUT2D eigenvalue weighted by Gasteiger charge is -2.12. The highest BCUT2D eigenvalue weighted by Crippen LogP contribution is 2.30. The molecule has 2 aromatic rings. The lowest BCUT2D eigenvalue weighted by atomic mass is 10.1. The van der Waals surface area contributed by atoms with Gasteiger partial charge in [0.1, 0.15) is 0 Å². The fraction of sp³-hybridized carbons (Fsp3) is 0.167. The Labute approximate surface area is 118 Å². The van der Waals surface area contributed by atoms with Crippen molar-refractivity contribution in [2.24, 2.45) is 18.5 Å².